The highest BCUT2D eigenvalue weighted by Gasteiger charge is 2.11. The number of benzene rings is 1. The minimum Gasteiger partial charge on any atom is -0.491 e. The SMILES string of the molecule is CN=C(NCC(=O)N(C)CCc1ccccn1)NCc1ccc(C)cc1OC(C)C. The molecule has 30 heavy (non-hydrogen) atoms. The van der Waals surface area contributed by atoms with E-state index in [1.807, 2.05) is 51.1 Å². The molecule has 0 bridgehead atoms. The summed E-state index contributed by atoms with van der Waals surface area (Å²) in [5.74, 6) is 1.42. The average Bonchev–Trinajstić information content (AvgIpc) is 2.73. The summed E-state index contributed by atoms with van der Waals surface area (Å²) < 4.78 is 5.92. The highest BCUT2D eigenvalue weighted by atomic mass is 16.5. The molecule has 1 amide bonds. The second kappa shape index (κ2) is 11.8. The first-order valence-electron chi connectivity index (χ1n) is 10.2. The smallest absolute Gasteiger partial charge is 0.241 e. The lowest BCUT2D eigenvalue weighted by Gasteiger charge is -2.19. The van der Waals surface area contributed by atoms with Crippen molar-refractivity contribution in [1.29, 1.82) is 0 Å². The van der Waals surface area contributed by atoms with E-state index in [1.165, 1.54) is 0 Å². The van der Waals surface area contributed by atoms with Crippen molar-refractivity contribution in [1.82, 2.24) is 20.5 Å². The minimum absolute atomic E-state index is 0.00644. The van der Waals surface area contributed by atoms with Gasteiger partial charge in [-0.05, 0) is 44.5 Å². The highest BCUT2D eigenvalue weighted by molar-refractivity contribution is 5.86. The van der Waals surface area contributed by atoms with E-state index in [4.69, 9.17) is 4.74 Å². The number of ether oxygens (including phenoxy) is 1. The zero-order chi connectivity index (χ0) is 21.9. The van der Waals surface area contributed by atoms with Crippen LogP contribution in [0.2, 0.25) is 0 Å². The van der Waals surface area contributed by atoms with E-state index in [-0.39, 0.29) is 18.6 Å². The van der Waals surface area contributed by atoms with Gasteiger partial charge < -0.3 is 20.3 Å². The molecule has 2 rings (SSSR count). The van der Waals surface area contributed by atoms with Crippen LogP contribution in [0.5, 0.6) is 5.75 Å². The number of hydrogen-bond donors (Lipinski definition) is 2. The largest absolute Gasteiger partial charge is 0.491 e. The number of aromatic nitrogens is 1. The predicted octanol–water partition coefficient (Wildman–Crippen LogP) is 2.54. The van der Waals surface area contributed by atoms with E-state index >= 15 is 0 Å². The third-order valence-corrected chi connectivity index (χ3v) is 4.52. The van der Waals surface area contributed by atoms with E-state index in [2.05, 4.69) is 26.7 Å². The van der Waals surface area contributed by atoms with E-state index in [9.17, 15) is 4.79 Å². The number of guanidine groups is 1. The third kappa shape index (κ3) is 7.73. The molecule has 0 aliphatic heterocycles. The average molecular weight is 412 g/mol. The van der Waals surface area contributed by atoms with Crippen LogP contribution >= 0.6 is 0 Å². The summed E-state index contributed by atoms with van der Waals surface area (Å²) >= 11 is 0. The maximum atomic E-state index is 12.4. The van der Waals surface area contributed by atoms with Gasteiger partial charge in [0.25, 0.3) is 0 Å². The van der Waals surface area contributed by atoms with Gasteiger partial charge in [0.15, 0.2) is 5.96 Å². The Morgan fingerprint density at radius 1 is 1.23 bits per heavy atom. The standard InChI is InChI=1S/C23H33N5O2/c1-17(2)30-21-14-18(3)9-10-19(21)15-26-23(24-4)27-16-22(29)28(5)13-11-20-8-6-7-12-25-20/h6-10,12,14,17H,11,13,15-16H2,1-5H3,(H2,24,26,27). The number of amides is 1. The number of pyridine rings is 1. The summed E-state index contributed by atoms with van der Waals surface area (Å²) in [5, 5.41) is 6.33. The van der Waals surface area contributed by atoms with Gasteiger partial charge in [-0.25, -0.2) is 0 Å². The number of nitrogens with zero attached hydrogens (tertiary/aromatic N) is 3. The fraction of sp³-hybridized carbons (Fsp3) is 0.435. The van der Waals surface area contributed by atoms with Crippen molar-refractivity contribution in [3.05, 3.63) is 59.4 Å². The molecule has 1 heterocycles. The number of hydrogen-bond acceptors (Lipinski definition) is 4. The lowest BCUT2D eigenvalue weighted by Crippen LogP contribution is -2.43. The Labute approximate surface area is 179 Å². The zero-order valence-corrected chi connectivity index (χ0v) is 18.6. The number of likely N-dealkylation sites (N-methyl/N-ethyl adjacent to an activating group) is 1. The monoisotopic (exact) mass is 411 g/mol. The summed E-state index contributed by atoms with van der Waals surface area (Å²) in [7, 11) is 3.48. The topological polar surface area (TPSA) is 78.9 Å². The van der Waals surface area contributed by atoms with Crippen molar-refractivity contribution in [2.45, 2.75) is 39.8 Å². The lowest BCUT2D eigenvalue weighted by atomic mass is 10.1. The second-order valence-corrected chi connectivity index (χ2v) is 7.44. The first-order chi connectivity index (χ1) is 14.4. The Kier molecular flexibility index (Phi) is 9.12. The Morgan fingerprint density at radius 2 is 2.03 bits per heavy atom. The van der Waals surface area contributed by atoms with Gasteiger partial charge >= 0.3 is 0 Å². The van der Waals surface area contributed by atoms with Crippen LogP contribution in [-0.2, 0) is 17.8 Å². The van der Waals surface area contributed by atoms with Crippen LogP contribution < -0.4 is 15.4 Å². The first-order valence-corrected chi connectivity index (χ1v) is 10.2. The quantitative estimate of drug-likeness (QED) is 0.490. The molecular formula is C23H33N5O2. The molecule has 0 aliphatic rings. The number of carbonyl (C=O) groups is 1. The van der Waals surface area contributed by atoms with Gasteiger partial charge in [-0.1, -0.05) is 18.2 Å². The number of rotatable bonds is 9. The summed E-state index contributed by atoms with van der Waals surface area (Å²) in [4.78, 5) is 22.6. The molecule has 0 unspecified atom stereocenters. The molecule has 7 heteroatoms. The van der Waals surface area contributed by atoms with Crippen LogP contribution in [0.3, 0.4) is 0 Å². The predicted molar refractivity (Wildman–Crippen MR) is 121 cm³/mol. The van der Waals surface area contributed by atoms with Gasteiger partial charge in [-0.15, -0.1) is 0 Å². The molecular weight excluding hydrogens is 378 g/mol. The van der Waals surface area contributed by atoms with E-state index < -0.39 is 0 Å². The Balaban J connectivity index is 1.82. The Bertz CT molecular complexity index is 837. The van der Waals surface area contributed by atoms with Gasteiger partial charge in [0.05, 0.1) is 12.6 Å². The minimum atomic E-state index is -0.00644. The third-order valence-electron chi connectivity index (χ3n) is 4.52. The van der Waals surface area contributed by atoms with E-state index in [0.717, 1.165) is 29.0 Å². The summed E-state index contributed by atoms with van der Waals surface area (Å²) in [5.41, 5.74) is 3.16. The van der Waals surface area contributed by atoms with Crippen LogP contribution in [0, 0.1) is 6.92 Å². The van der Waals surface area contributed by atoms with Crippen LogP contribution in [0.15, 0.2) is 47.6 Å². The van der Waals surface area contributed by atoms with Crippen molar-refractivity contribution in [3.63, 3.8) is 0 Å². The lowest BCUT2D eigenvalue weighted by molar-refractivity contribution is -0.128. The molecule has 0 aliphatic carbocycles. The molecule has 0 atom stereocenters. The van der Waals surface area contributed by atoms with Crippen molar-refractivity contribution in [2.24, 2.45) is 4.99 Å². The molecule has 2 aromatic rings. The fourth-order valence-corrected chi connectivity index (χ4v) is 2.82. The second-order valence-electron chi connectivity index (χ2n) is 7.44. The molecule has 162 valence electrons. The van der Waals surface area contributed by atoms with Gasteiger partial charge in [0, 0.05) is 51.1 Å². The fourth-order valence-electron chi connectivity index (χ4n) is 2.82. The van der Waals surface area contributed by atoms with Crippen molar-refractivity contribution < 1.29 is 9.53 Å². The summed E-state index contributed by atoms with van der Waals surface area (Å²) in [6.45, 7) is 7.39. The first kappa shape index (κ1) is 23.2. The van der Waals surface area contributed by atoms with Crippen molar-refractivity contribution in [3.8, 4) is 5.75 Å². The summed E-state index contributed by atoms with van der Waals surface area (Å²) in [6.07, 6.45) is 2.59. The van der Waals surface area contributed by atoms with Gasteiger partial charge in [0.2, 0.25) is 5.91 Å². The molecule has 0 fully saturated rings. The zero-order valence-electron chi connectivity index (χ0n) is 18.6. The van der Waals surface area contributed by atoms with Crippen LogP contribution in [-0.4, -0.2) is 55.0 Å². The number of carbonyl (C=O) groups excluding carboxylic acids is 1. The Hall–Kier alpha value is -3.09. The van der Waals surface area contributed by atoms with Crippen molar-refractivity contribution >= 4 is 11.9 Å². The van der Waals surface area contributed by atoms with Crippen LogP contribution in [0.4, 0.5) is 0 Å². The van der Waals surface area contributed by atoms with E-state index in [1.54, 1.807) is 25.2 Å². The normalized spacial score (nSPS) is 11.3. The number of aliphatic imine (C=N–C) groups is 1. The molecule has 0 saturated carbocycles. The summed E-state index contributed by atoms with van der Waals surface area (Å²) in [6, 6.07) is 11.9. The van der Waals surface area contributed by atoms with Gasteiger partial charge in [-0.3, -0.25) is 14.8 Å². The Morgan fingerprint density at radius 3 is 2.70 bits per heavy atom. The highest BCUT2D eigenvalue weighted by Crippen LogP contribution is 2.21. The van der Waals surface area contributed by atoms with Gasteiger partial charge in [-0.2, -0.15) is 0 Å². The molecule has 0 radical (unpaired) electrons. The van der Waals surface area contributed by atoms with Crippen molar-refractivity contribution in [2.75, 3.05) is 27.2 Å². The van der Waals surface area contributed by atoms with E-state index in [0.29, 0.717) is 19.0 Å². The molecule has 1 aromatic heterocycles. The molecule has 7 nitrogen and oxygen atoms in total. The maximum Gasteiger partial charge on any atom is 0.241 e. The molecule has 0 saturated heterocycles. The van der Waals surface area contributed by atoms with Crippen LogP contribution in [0.1, 0.15) is 30.7 Å². The molecule has 0 spiro atoms. The maximum absolute atomic E-state index is 12.4. The molecule has 2 N–H and O–H groups in total. The van der Waals surface area contributed by atoms with Gasteiger partial charge in [0.1, 0.15) is 5.75 Å². The number of aryl methyl sites for hydroxylation is 1. The number of nitrogens with one attached hydrogen (secondary N) is 2. The molecule has 1 aromatic carbocycles. The van der Waals surface area contributed by atoms with Crippen LogP contribution in [0.25, 0.3) is 0 Å².